The lowest BCUT2D eigenvalue weighted by molar-refractivity contribution is -0.155. The molecular weight excluding hydrogens is 190 g/mol. The van der Waals surface area contributed by atoms with Crippen molar-refractivity contribution in [2.24, 2.45) is 5.92 Å². The van der Waals surface area contributed by atoms with Crippen molar-refractivity contribution in [1.29, 1.82) is 0 Å². The zero-order valence-corrected chi connectivity index (χ0v) is 10.3. The molecule has 0 heterocycles. The molecular formula is C12H25NO2. The molecule has 0 amide bonds. The zero-order chi connectivity index (χ0) is 11.1. The highest BCUT2D eigenvalue weighted by Gasteiger charge is 2.30. The molecule has 1 rings (SSSR count). The van der Waals surface area contributed by atoms with Gasteiger partial charge in [0.15, 0.2) is 6.29 Å². The van der Waals surface area contributed by atoms with Gasteiger partial charge in [-0.1, -0.05) is 19.8 Å². The predicted molar refractivity (Wildman–Crippen MR) is 61.8 cm³/mol. The van der Waals surface area contributed by atoms with Gasteiger partial charge >= 0.3 is 0 Å². The third-order valence-electron chi connectivity index (χ3n) is 2.74. The van der Waals surface area contributed by atoms with E-state index in [4.69, 9.17) is 9.47 Å². The second kappa shape index (κ2) is 7.20. The van der Waals surface area contributed by atoms with Crippen molar-refractivity contribution in [2.45, 2.75) is 52.4 Å². The first kappa shape index (κ1) is 12.9. The molecule has 3 nitrogen and oxygen atoms in total. The highest BCUT2D eigenvalue weighted by atomic mass is 16.7. The smallest absolute Gasteiger partial charge is 0.172 e. The van der Waals surface area contributed by atoms with Crippen molar-refractivity contribution in [3.63, 3.8) is 0 Å². The van der Waals surface area contributed by atoms with Gasteiger partial charge < -0.3 is 14.8 Å². The predicted octanol–water partition coefficient (Wildman–Crippen LogP) is 2.16. The summed E-state index contributed by atoms with van der Waals surface area (Å²) in [4.78, 5) is 0. The van der Waals surface area contributed by atoms with E-state index >= 15 is 0 Å². The number of rotatable bonds is 9. The standard InChI is InChI=1S/C12H25NO2/c1-4-13-11(9-10-7-8-10)12(14-5-2)15-6-3/h10-13H,4-9H2,1-3H3. The lowest BCUT2D eigenvalue weighted by Gasteiger charge is -2.27. The summed E-state index contributed by atoms with van der Waals surface area (Å²) in [5.74, 6) is 0.900. The van der Waals surface area contributed by atoms with Crippen LogP contribution < -0.4 is 5.32 Å². The van der Waals surface area contributed by atoms with Crippen molar-refractivity contribution in [3.8, 4) is 0 Å². The molecule has 1 atom stereocenters. The van der Waals surface area contributed by atoms with Crippen molar-refractivity contribution in [2.75, 3.05) is 19.8 Å². The van der Waals surface area contributed by atoms with E-state index in [1.165, 1.54) is 19.3 Å². The van der Waals surface area contributed by atoms with Gasteiger partial charge in [0.05, 0.1) is 6.04 Å². The van der Waals surface area contributed by atoms with Crippen LogP contribution >= 0.6 is 0 Å². The fourth-order valence-corrected chi connectivity index (χ4v) is 1.87. The fourth-order valence-electron chi connectivity index (χ4n) is 1.87. The summed E-state index contributed by atoms with van der Waals surface area (Å²) in [6.45, 7) is 8.59. The minimum Gasteiger partial charge on any atom is -0.351 e. The topological polar surface area (TPSA) is 30.5 Å². The maximum atomic E-state index is 5.64. The zero-order valence-electron chi connectivity index (χ0n) is 10.3. The van der Waals surface area contributed by atoms with E-state index in [2.05, 4.69) is 12.2 Å². The average Bonchev–Trinajstić information content (AvgIpc) is 3.01. The minimum absolute atomic E-state index is 0.0689. The summed E-state index contributed by atoms with van der Waals surface area (Å²) in [6, 6.07) is 0.363. The highest BCUT2D eigenvalue weighted by molar-refractivity contribution is 4.82. The third kappa shape index (κ3) is 4.96. The number of hydrogen-bond acceptors (Lipinski definition) is 3. The Morgan fingerprint density at radius 1 is 1.13 bits per heavy atom. The Balaban J connectivity index is 2.38. The number of hydrogen-bond donors (Lipinski definition) is 1. The van der Waals surface area contributed by atoms with Crippen LogP contribution in [0.1, 0.15) is 40.0 Å². The summed E-state index contributed by atoms with van der Waals surface area (Å²) in [7, 11) is 0. The van der Waals surface area contributed by atoms with E-state index in [1.54, 1.807) is 0 Å². The average molecular weight is 215 g/mol. The first-order chi connectivity index (χ1) is 7.31. The monoisotopic (exact) mass is 215 g/mol. The van der Waals surface area contributed by atoms with Crippen LogP contribution in [0.2, 0.25) is 0 Å². The molecule has 0 aromatic heterocycles. The number of nitrogens with one attached hydrogen (secondary N) is 1. The quantitative estimate of drug-likeness (QED) is 0.598. The first-order valence-electron chi connectivity index (χ1n) is 6.28. The van der Waals surface area contributed by atoms with Crippen LogP contribution in [0.3, 0.4) is 0 Å². The Morgan fingerprint density at radius 2 is 1.73 bits per heavy atom. The Morgan fingerprint density at radius 3 is 2.13 bits per heavy atom. The van der Waals surface area contributed by atoms with Gasteiger partial charge in [-0.05, 0) is 32.7 Å². The van der Waals surface area contributed by atoms with E-state index in [0.29, 0.717) is 6.04 Å². The van der Waals surface area contributed by atoms with Crippen LogP contribution in [0.15, 0.2) is 0 Å². The molecule has 0 bridgehead atoms. The van der Waals surface area contributed by atoms with Crippen LogP contribution in [0.4, 0.5) is 0 Å². The normalized spacial score (nSPS) is 18.4. The molecule has 90 valence electrons. The number of ether oxygens (including phenoxy) is 2. The number of likely N-dealkylation sites (N-methyl/N-ethyl adjacent to an activating group) is 1. The highest BCUT2D eigenvalue weighted by Crippen LogP contribution is 2.34. The molecule has 1 N–H and O–H groups in total. The Kier molecular flexibility index (Phi) is 6.22. The largest absolute Gasteiger partial charge is 0.351 e. The van der Waals surface area contributed by atoms with Gasteiger partial charge in [-0.15, -0.1) is 0 Å². The molecule has 0 aromatic carbocycles. The SMILES string of the molecule is CCNC(CC1CC1)C(OCC)OCC. The Hall–Kier alpha value is -0.120. The van der Waals surface area contributed by atoms with E-state index in [9.17, 15) is 0 Å². The van der Waals surface area contributed by atoms with Gasteiger partial charge in [0.2, 0.25) is 0 Å². The Labute approximate surface area is 93.5 Å². The molecule has 15 heavy (non-hydrogen) atoms. The molecule has 1 saturated carbocycles. The second-order valence-electron chi connectivity index (χ2n) is 4.12. The van der Waals surface area contributed by atoms with Gasteiger partial charge in [0.1, 0.15) is 0 Å². The van der Waals surface area contributed by atoms with Crippen LogP contribution in [0, 0.1) is 5.92 Å². The molecule has 0 saturated heterocycles. The summed E-state index contributed by atoms with van der Waals surface area (Å²) in [6.07, 6.45) is 3.89. The van der Waals surface area contributed by atoms with E-state index in [1.807, 2.05) is 13.8 Å². The van der Waals surface area contributed by atoms with Crippen molar-refractivity contribution < 1.29 is 9.47 Å². The summed E-state index contributed by atoms with van der Waals surface area (Å²) >= 11 is 0. The molecule has 1 aliphatic carbocycles. The van der Waals surface area contributed by atoms with E-state index in [0.717, 1.165) is 25.7 Å². The van der Waals surface area contributed by atoms with Crippen LogP contribution in [-0.2, 0) is 9.47 Å². The maximum absolute atomic E-state index is 5.64. The van der Waals surface area contributed by atoms with Gasteiger partial charge in [-0.2, -0.15) is 0 Å². The minimum atomic E-state index is -0.0689. The van der Waals surface area contributed by atoms with Gasteiger partial charge in [0, 0.05) is 13.2 Å². The van der Waals surface area contributed by atoms with Crippen molar-refractivity contribution >= 4 is 0 Å². The van der Waals surface area contributed by atoms with Crippen LogP contribution in [0.5, 0.6) is 0 Å². The molecule has 1 unspecified atom stereocenters. The van der Waals surface area contributed by atoms with Crippen molar-refractivity contribution in [1.82, 2.24) is 5.32 Å². The summed E-state index contributed by atoms with van der Waals surface area (Å²) in [5, 5.41) is 3.47. The molecule has 1 aliphatic rings. The molecule has 3 heteroatoms. The van der Waals surface area contributed by atoms with E-state index < -0.39 is 0 Å². The third-order valence-corrected chi connectivity index (χ3v) is 2.74. The molecule has 0 aromatic rings. The molecule has 0 spiro atoms. The molecule has 0 radical (unpaired) electrons. The summed E-state index contributed by atoms with van der Waals surface area (Å²) in [5.41, 5.74) is 0. The first-order valence-corrected chi connectivity index (χ1v) is 6.28. The van der Waals surface area contributed by atoms with Crippen LogP contribution in [-0.4, -0.2) is 32.1 Å². The molecule has 0 aliphatic heterocycles. The second-order valence-corrected chi connectivity index (χ2v) is 4.12. The van der Waals surface area contributed by atoms with Gasteiger partial charge in [-0.25, -0.2) is 0 Å². The lowest BCUT2D eigenvalue weighted by Crippen LogP contribution is -2.43. The lowest BCUT2D eigenvalue weighted by atomic mass is 10.1. The van der Waals surface area contributed by atoms with Crippen LogP contribution in [0.25, 0.3) is 0 Å². The maximum Gasteiger partial charge on any atom is 0.172 e. The molecule has 1 fully saturated rings. The van der Waals surface area contributed by atoms with Crippen molar-refractivity contribution in [3.05, 3.63) is 0 Å². The van der Waals surface area contributed by atoms with Gasteiger partial charge in [0.25, 0.3) is 0 Å². The Bertz CT molecular complexity index is 154. The van der Waals surface area contributed by atoms with E-state index in [-0.39, 0.29) is 6.29 Å². The summed E-state index contributed by atoms with van der Waals surface area (Å²) < 4.78 is 11.3. The van der Waals surface area contributed by atoms with Gasteiger partial charge in [-0.3, -0.25) is 0 Å². The fraction of sp³-hybridized carbons (Fsp3) is 1.00.